The minimum absolute atomic E-state index is 0.111. The third kappa shape index (κ3) is 4.52. The van der Waals surface area contributed by atoms with Gasteiger partial charge in [-0.1, -0.05) is 6.92 Å². The number of ether oxygens (including phenoxy) is 2. The monoisotopic (exact) mass is 388 g/mol. The van der Waals surface area contributed by atoms with E-state index in [1.165, 1.54) is 0 Å². The molecular weight excluding hydrogens is 360 g/mol. The Bertz CT molecular complexity index is 845. The predicted octanol–water partition coefficient (Wildman–Crippen LogP) is 3.19. The van der Waals surface area contributed by atoms with Crippen LogP contribution in [0.4, 0.5) is 0 Å². The fraction of sp³-hybridized carbons (Fsp3) is 0.476. The average Bonchev–Trinajstić information content (AvgIpc) is 3.10. The summed E-state index contributed by atoms with van der Waals surface area (Å²) in [4.78, 5) is 39.3. The molecule has 28 heavy (non-hydrogen) atoms. The number of carbonyl (C=O) groups excluding carboxylic acids is 3. The summed E-state index contributed by atoms with van der Waals surface area (Å²) in [6, 6.07) is 0. The van der Waals surface area contributed by atoms with Gasteiger partial charge in [-0.2, -0.15) is 0 Å². The molecule has 0 bridgehead atoms. The van der Waals surface area contributed by atoms with E-state index < -0.39 is 5.97 Å². The number of nitrogens with one attached hydrogen (secondary N) is 2. The van der Waals surface area contributed by atoms with Gasteiger partial charge in [0.25, 0.3) is 5.91 Å². The first-order chi connectivity index (χ1) is 13.3. The van der Waals surface area contributed by atoms with Crippen molar-refractivity contribution in [3.63, 3.8) is 0 Å². The van der Waals surface area contributed by atoms with Gasteiger partial charge in [-0.15, -0.1) is 0 Å². The molecule has 7 heteroatoms. The van der Waals surface area contributed by atoms with E-state index in [9.17, 15) is 14.4 Å². The Labute approximate surface area is 165 Å². The third-order valence-corrected chi connectivity index (χ3v) is 4.79. The predicted molar refractivity (Wildman–Crippen MR) is 106 cm³/mol. The summed E-state index contributed by atoms with van der Waals surface area (Å²) in [6.07, 6.45) is 3.08. The lowest BCUT2D eigenvalue weighted by atomic mass is 10.0. The molecule has 1 amide bonds. The molecule has 0 aromatic carbocycles. The minimum Gasteiger partial charge on any atom is -0.466 e. The molecule has 1 aliphatic heterocycles. The summed E-state index contributed by atoms with van der Waals surface area (Å²) >= 11 is 0. The van der Waals surface area contributed by atoms with Crippen LogP contribution in [0.3, 0.4) is 0 Å². The third-order valence-electron chi connectivity index (χ3n) is 4.79. The highest BCUT2D eigenvalue weighted by Gasteiger charge is 2.25. The van der Waals surface area contributed by atoms with Gasteiger partial charge < -0.3 is 19.8 Å². The highest BCUT2D eigenvalue weighted by Crippen LogP contribution is 2.28. The van der Waals surface area contributed by atoms with Crippen LogP contribution in [0.2, 0.25) is 0 Å². The quantitative estimate of drug-likeness (QED) is 0.667. The van der Waals surface area contributed by atoms with E-state index in [2.05, 4.69) is 10.3 Å². The largest absolute Gasteiger partial charge is 0.466 e. The maximum absolute atomic E-state index is 12.4. The SMILES string of the molecule is CCOC(=O)CCc1c(C(=O)OCC)[nH]c(/C=C2\NC(=O)C(C)=C2CC)c1C. The number of aromatic nitrogens is 1. The van der Waals surface area contributed by atoms with Gasteiger partial charge in [0.1, 0.15) is 5.69 Å². The minimum atomic E-state index is -0.466. The number of hydrogen-bond acceptors (Lipinski definition) is 5. The summed E-state index contributed by atoms with van der Waals surface area (Å²) < 4.78 is 10.1. The van der Waals surface area contributed by atoms with E-state index >= 15 is 0 Å². The van der Waals surface area contributed by atoms with Crippen LogP contribution in [0.1, 0.15) is 67.8 Å². The van der Waals surface area contributed by atoms with Crippen molar-refractivity contribution in [2.24, 2.45) is 0 Å². The Hall–Kier alpha value is -2.83. The van der Waals surface area contributed by atoms with Crippen LogP contribution in [0, 0.1) is 6.92 Å². The van der Waals surface area contributed by atoms with Crippen molar-refractivity contribution in [2.45, 2.75) is 53.9 Å². The van der Waals surface area contributed by atoms with Crippen LogP contribution in [0.25, 0.3) is 6.08 Å². The standard InChI is InChI=1S/C21H28N2O5/c1-6-14-13(5)20(25)23-17(14)11-16-12(4)15(9-10-18(24)27-7-2)19(22-16)21(26)28-8-3/h11,22H,6-10H2,1-5H3,(H,23,25)/b17-11-. The first kappa shape index (κ1) is 21.5. The van der Waals surface area contributed by atoms with Crippen LogP contribution in [-0.4, -0.2) is 36.0 Å². The van der Waals surface area contributed by atoms with Crippen LogP contribution in [-0.2, 0) is 25.5 Å². The van der Waals surface area contributed by atoms with Crippen molar-refractivity contribution in [1.82, 2.24) is 10.3 Å². The second-order valence-electron chi connectivity index (χ2n) is 6.51. The van der Waals surface area contributed by atoms with Crippen LogP contribution < -0.4 is 5.32 Å². The first-order valence-electron chi connectivity index (χ1n) is 9.61. The number of amides is 1. The smallest absolute Gasteiger partial charge is 0.355 e. The molecule has 0 aliphatic carbocycles. The number of aromatic amines is 1. The fourth-order valence-electron chi connectivity index (χ4n) is 3.30. The number of carbonyl (C=O) groups is 3. The molecule has 0 saturated carbocycles. The molecular formula is C21H28N2O5. The summed E-state index contributed by atoms with van der Waals surface area (Å²) in [6.45, 7) is 9.73. The number of H-pyrrole nitrogens is 1. The Morgan fingerprint density at radius 3 is 2.36 bits per heavy atom. The lowest BCUT2D eigenvalue weighted by Gasteiger charge is -2.05. The number of allylic oxidation sites excluding steroid dienone is 1. The summed E-state index contributed by atoms with van der Waals surface area (Å²) in [5, 5.41) is 2.87. The zero-order valence-corrected chi connectivity index (χ0v) is 17.2. The van der Waals surface area contributed by atoms with Gasteiger partial charge in [-0.3, -0.25) is 9.59 Å². The molecule has 0 spiro atoms. The van der Waals surface area contributed by atoms with E-state index in [-0.39, 0.29) is 24.9 Å². The summed E-state index contributed by atoms with van der Waals surface area (Å²) in [7, 11) is 0. The van der Waals surface area contributed by atoms with E-state index in [0.717, 1.165) is 28.8 Å². The maximum Gasteiger partial charge on any atom is 0.355 e. The van der Waals surface area contributed by atoms with Gasteiger partial charge >= 0.3 is 11.9 Å². The molecule has 1 aromatic heterocycles. The zero-order chi connectivity index (χ0) is 20.8. The lowest BCUT2D eigenvalue weighted by molar-refractivity contribution is -0.143. The molecule has 2 rings (SSSR count). The van der Waals surface area contributed by atoms with Gasteiger partial charge in [0, 0.05) is 23.4 Å². The normalized spacial score (nSPS) is 15.2. The molecule has 152 valence electrons. The van der Waals surface area contributed by atoms with Gasteiger partial charge in [0.2, 0.25) is 0 Å². The highest BCUT2D eigenvalue weighted by molar-refractivity contribution is 6.01. The summed E-state index contributed by atoms with van der Waals surface area (Å²) in [5.41, 5.74) is 4.98. The number of esters is 2. The number of hydrogen-bond donors (Lipinski definition) is 2. The topological polar surface area (TPSA) is 97.5 Å². The molecule has 7 nitrogen and oxygen atoms in total. The van der Waals surface area contributed by atoms with Gasteiger partial charge in [-0.05, 0) is 63.3 Å². The lowest BCUT2D eigenvalue weighted by Crippen LogP contribution is -2.15. The van der Waals surface area contributed by atoms with Crippen molar-refractivity contribution in [1.29, 1.82) is 0 Å². The molecule has 0 unspecified atom stereocenters. The Balaban J connectivity index is 2.42. The van der Waals surface area contributed by atoms with Crippen molar-refractivity contribution >= 4 is 23.9 Å². The zero-order valence-electron chi connectivity index (χ0n) is 17.2. The van der Waals surface area contributed by atoms with E-state index in [1.54, 1.807) is 20.8 Å². The van der Waals surface area contributed by atoms with Gasteiger partial charge in [0.05, 0.1) is 13.2 Å². The van der Waals surface area contributed by atoms with Crippen LogP contribution in [0.15, 0.2) is 16.8 Å². The van der Waals surface area contributed by atoms with Crippen molar-refractivity contribution in [3.8, 4) is 0 Å². The van der Waals surface area contributed by atoms with Gasteiger partial charge in [0.15, 0.2) is 0 Å². The molecule has 2 heterocycles. The average molecular weight is 388 g/mol. The second-order valence-corrected chi connectivity index (χ2v) is 6.51. The van der Waals surface area contributed by atoms with Crippen LogP contribution in [0.5, 0.6) is 0 Å². The van der Waals surface area contributed by atoms with Gasteiger partial charge in [-0.25, -0.2) is 4.79 Å². The Morgan fingerprint density at radius 1 is 1.07 bits per heavy atom. The van der Waals surface area contributed by atoms with Crippen molar-refractivity contribution in [3.05, 3.63) is 39.4 Å². The fourth-order valence-corrected chi connectivity index (χ4v) is 3.30. The number of rotatable bonds is 8. The molecule has 0 fully saturated rings. The van der Waals surface area contributed by atoms with E-state index in [4.69, 9.17) is 9.47 Å². The molecule has 2 N–H and O–H groups in total. The Kier molecular flexibility index (Phi) is 7.20. The Morgan fingerprint density at radius 2 is 1.75 bits per heavy atom. The van der Waals surface area contributed by atoms with E-state index in [1.807, 2.05) is 19.9 Å². The van der Waals surface area contributed by atoms with Crippen molar-refractivity contribution in [2.75, 3.05) is 13.2 Å². The first-order valence-corrected chi connectivity index (χ1v) is 9.61. The molecule has 1 aromatic rings. The van der Waals surface area contributed by atoms with Crippen molar-refractivity contribution < 1.29 is 23.9 Å². The molecule has 0 atom stereocenters. The molecule has 0 radical (unpaired) electrons. The van der Waals surface area contributed by atoms with Crippen LogP contribution >= 0.6 is 0 Å². The maximum atomic E-state index is 12.4. The van der Waals surface area contributed by atoms with E-state index in [0.29, 0.717) is 30.0 Å². The second kappa shape index (κ2) is 9.39. The molecule has 1 aliphatic rings. The molecule has 0 saturated heterocycles. The highest BCUT2D eigenvalue weighted by atomic mass is 16.5. The summed E-state index contributed by atoms with van der Waals surface area (Å²) in [5.74, 6) is -0.889.